The molecule has 1 aromatic carbocycles. The molecule has 1 atom stereocenters. The van der Waals surface area contributed by atoms with Crippen LogP contribution in [0.1, 0.15) is 31.9 Å². The SMILES string of the molecule is CCC(NC(C)(CO)CO)c1ccc(Cl)c(Cl)c1. The lowest BCUT2D eigenvalue weighted by Crippen LogP contribution is -2.50. The van der Waals surface area contributed by atoms with E-state index in [1.807, 2.05) is 13.0 Å². The zero-order chi connectivity index (χ0) is 13.8. The van der Waals surface area contributed by atoms with E-state index < -0.39 is 5.54 Å². The van der Waals surface area contributed by atoms with Crippen molar-refractivity contribution >= 4 is 23.2 Å². The van der Waals surface area contributed by atoms with Crippen LogP contribution in [0, 0.1) is 0 Å². The molecule has 0 aliphatic heterocycles. The molecule has 0 radical (unpaired) electrons. The van der Waals surface area contributed by atoms with Crippen LogP contribution in [0.4, 0.5) is 0 Å². The molecule has 5 heteroatoms. The highest BCUT2D eigenvalue weighted by molar-refractivity contribution is 6.42. The maximum Gasteiger partial charge on any atom is 0.0633 e. The van der Waals surface area contributed by atoms with E-state index in [9.17, 15) is 10.2 Å². The average molecular weight is 292 g/mol. The molecule has 102 valence electrons. The molecular weight excluding hydrogens is 273 g/mol. The van der Waals surface area contributed by atoms with Gasteiger partial charge >= 0.3 is 0 Å². The fourth-order valence-corrected chi connectivity index (χ4v) is 2.02. The summed E-state index contributed by atoms with van der Waals surface area (Å²) in [4.78, 5) is 0. The summed E-state index contributed by atoms with van der Waals surface area (Å²) in [6, 6.07) is 5.45. The first kappa shape index (κ1) is 15.7. The van der Waals surface area contributed by atoms with Gasteiger partial charge in [-0.2, -0.15) is 0 Å². The second-order valence-electron chi connectivity index (χ2n) is 4.66. The molecule has 0 saturated carbocycles. The zero-order valence-electron chi connectivity index (χ0n) is 10.6. The summed E-state index contributed by atoms with van der Waals surface area (Å²) < 4.78 is 0. The molecule has 3 nitrogen and oxygen atoms in total. The maximum atomic E-state index is 9.31. The van der Waals surface area contributed by atoms with Crippen molar-refractivity contribution in [2.45, 2.75) is 31.8 Å². The minimum atomic E-state index is -0.715. The highest BCUT2D eigenvalue weighted by Crippen LogP contribution is 2.27. The van der Waals surface area contributed by atoms with Gasteiger partial charge in [-0.25, -0.2) is 0 Å². The number of aliphatic hydroxyl groups is 2. The van der Waals surface area contributed by atoms with Crippen molar-refractivity contribution in [1.29, 1.82) is 0 Å². The monoisotopic (exact) mass is 291 g/mol. The second-order valence-corrected chi connectivity index (χ2v) is 5.47. The third-order valence-corrected chi connectivity index (χ3v) is 3.71. The Morgan fingerprint density at radius 1 is 1.22 bits per heavy atom. The van der Waals surface area contributed by atoms with Crippen molar-refractivity contribution in [1.82, 2.24) is 5.32 Å². The minimum Gasteiger partial charge on any atom is -0.394 e. The van der Waals surface area contributed by atoms with E-state index in [1.54, 1.807) is 19.1 Å². The number of hydrogen-bond donors (Lipinski definition) is 3. The molecule has 18 heavy (non-hydrogen) atoms. The molecule has 1 rings (SSSR count). The van der Waals surface area contributed by atoms with Gasteiger partial charge in [0.05, 0.1) is 28.8 Å². The third kappa shape index (κ3) is 3.84. The number of nitrogens with one attached hydrogen (secondary N) is 1. The van der Waals surface area contributed by atoms with Gasteiger partial charge in [-0.15, -0.1) is 0 Å². The normalized spacial score (nSPS) is 13.7. The first-order chi connectivity index (χ1) is 8.45. The molecule has 3 N–H and O–H groups in total. The van der Waals surface area contributed by atoms with Crippen molar-refractivity contribution in [3.05, 3.63) is 33.8 Å². The quantitative estimate of drug-likeness (QED) is 0.755. The molecule has 0 bridgehead atoms. The molecule has 0 aliphatic rings. The third-order valence-electron chi connectivity index (χ3n) is 2.97. The van der Waals surface area contributed by atoms with Crippen LogP contribution >= 0.6 is 23.2 Å². The molecule has 0 heterocycles. The van der Waals surface area contributed by atoms with Crippen molar-refractivity contribution in [2.75, 3.05) is 13.2 Å². The number of halogens is 2. The summed E-state index contributed by atoms with van der Waals surface area (Å²) in [5.74, 6) is 0. The van der Waals surface area contributed by atoms with E-state index in [0.717, 1.165) is 12.0 Å². The van der Waals surface area contributed by atoms with Crippen LogP contribution in [0.3, 0.4) is 0 Å². The van der Waals surface area contributed by atoms with E-state index in [2.05, 4.69) is 5.32 Å². The first-order valence-corrected chi connectivity index (χ1v) is 6.65. The van der Waals surface area contributed by atoms with Gasteiger partial charge in [-0.1, -0.05) is 36.2 Å². The van der Waals surface area contributed by atoms with E-state index in [1.165, 1.54) is 0 Å². The molecule has 0 amide bonds. The molecule has 0 aliphatic carbocycles. The van der Waals surface area contributed by atoms with Crippen molar-refractivity contribution in [3.63, 3.8) is 0 Å². The number of rotatable bonds is 6. The van der Waals surface area contributed by atoms with Crippen LogP contribution in [0.2, 0.25) is 10.0 Å². The lowest BCUT2D eigenvalue weighted by atomic mass is 9.98. The number of hydrogen-bond acceptors (Lipinski definition) is 3. The summed E-state index contributed by atoms with van der Waals surface area (Å²) in [7, 11) is 0. The Kier molecular flexibility index (Phi) is 5.89. The molecule has 0 fully saturated rings. The lowest BCUT2D eigenvalue weighted by Gasteiger charge is -2.32. The van der Waals surface area contributed by atoms with Crippen LogP contribution in [-0.4, -0.2) is 29.0 Å². The van der Waals surface area contributed by atoms with Crippen LogP contribution in [0.5, 0.6) is 0 Å². The Morgan fingerprint density at radius 2 is 1.83 bits per heavy atom. The van der Waals surface area contributed by atoms with Crippen LogP contribution in [0.25, 0.3) is 0 Å². The largest absolute Gasteiger partial charge is 0.394 e. The summed E-state index contributed by atoms with van der Waals surface area (Å²) in [6.45, 7) is 3.52. The van der Waals surface area contributed by atoms with Gasteiger partial charge < -0.3 is 15.5 Å². The van der Waals surface area contributed by atoms with Gasteiger partial charge in [0.15, 0.2) is 0 Å². The number of aliphatic hydroxyl groups excluding tert-OH is 2. The van der Waals surface area contributed by atoms with Crippen LogP contribution in [0.15, 0.2) is 18.2 Å². The predicted molar refractivity (Wildman–Crippen MR) is 75.2 cm³/mol. The van der Waals surface area contributed by atoms with Gasteiger partial charge in [-0.3, -0.25) is 0 Å². The van der Waals surface area contributed by atoms with E-state index in [4.69, 9.17) is 23.2 Å². The second kappa shape index (κ2) is 6.73. The highest BCUT2D eigenvalue weighted by atomic mass is 35.5. The van der Waals surface area contributed by atoms with Crippen molar-refractivity contribution < 1.29 is 10.2 Å². The standard InChI is InChI=1S/C13H19Cl2NO2/c1-3-12(16-13(2,7-17)8-18)9-4-5-10(14)11(15)6-9/h4-6,12,16-18H,3,7-8H2,1-2H3. The summed E-state index contributed by atoms with van der Waals surface area (Å²) in [5, 5.41) is 22.9. The molecule has 1 aromatic rings. The minimum absolute atomic E-state index is 0.00377. The van der Waals surface area contributed by atoms with E-state index in [0.29, 0.717) is 10.0 Å². The average Bonchev–Trinajstić information content (AvgIpc) is 2.39. The predicted octanol–water partition coefficient (Wildman–Crippen LogP) is 2.78. The van der Waals surface area contributed by atoms with Gasteiger partial charge in [0.25, 0.3) is 0 Å². The van der Waals surface area contributed by atoms with Crippen LogP contribution < -0.4 is 5.32 Å². The van der Waals surface area contributed by atoms with Crippen molar-refractivity contribution in [2.24, 2.45) is 0 Å². The molecule has 0 aromatic heterocycles. The van der Waals surface area contributed by atoms with Crippen LogP contribution in [-0.2, 0) is 0 Å². The van der Waals surface area contributed by atoms with E-state index >= 15 is 0 Å². The topological polar surface area (TPSA) is 52.5 Å². The van der Waals surface area contributed by atoms with Gasteiger partial charge in [0.1, 0.15) is 0 Å². The van der Waals surface area contributed by atoms with Gasteiger partial charge in [0, 0.05) is 6.04 Å². The smallest absolute Gasteiger partial charge is 0.0633 e. The first-order valence-electron chi connectivity index (χ1n) is 5.90. The fourth-order valence-electron chi connectivity index (χ4n) is 1.71. The Labute approximate surface area is 118 Å². The highest BCUT2D eigenvalue weighted by Gasteiger charge is 2.26. The summed E-state index contributed by atoms with van der Waals surface area (Å²) in [6.07, 6.45) is 0.813. The Hall–Kier alpha value is -0.320. The Morgan fingerprint density at radius 3 is 2.28 bits per heavy atom. The zero-order valence-corrected chi connectivity index (χ0v) is 12.1. The maximum absolute atomic E-state index is 9.31. The molecule has 0 saturated heterocycles. The molecule has 1 unspecified atom stereocenters. The summed E-state index contributed by atoms with van der Waals surface area (Å²) in [5.41, 5.74) is 0.271. The Bertz CT molecular complexity index is 395. The Balaban J connectivity index is 2.92. The summed E-state index contributed by atoms with van der Waals surface area (Å²) >= 11 is 11.9. The van der Waals surface area contributed by atoms with Gasteiger partial charge in [-0.05, 0) is 31.0 Å². The van der Waals surface area contributed by atoms with Crippen molar-refractivity contribution in [3.8, 4) is 0 Å². The molecular formula is C13H19Cl2NO2. The molecule has 0 spiro atoms. The van der Waals surface area contributed by atoms with Gasteiger partial charge in [0.2, 0.25) is 0 Å². The van der Waals surface area contributed by atoms with E-state index in [-0.39, 0.29) is 19.3 Å². The lowest BCUT2D eigenvalue weighted by molar-refractivity contribution is 0.0932. The number of benzene rings is 1. The fraction of sp³-hybridized carbons (Fsp3) is 0.538.